The smallest absolute Gasteiger partial charge is 0.240 e. The van der Waals surface area contributed by atoms with E-state index >= 15 is 0 Å². The van der Waals surface area contributed by atoms with Crippen molar-refractivity contribution in [3.8, 4) is 11.1 Å². The summed E-state index contributed by atoms with van der Waals surface area (Å²) in [5.41, 5.74) is 9.62. The van der Waals surface area contributed by atoms with E-state index in [2.05, 4.69) is 16.1 Å². The highest BCUT2D eigenvalue weighted by Gasteiger charge is 2.11. The fraction of sp³-hybridized carbons (Fsp3) is 0.143. The van der Waals surface area contributed by atoms with Crippen LogP contribution in [0.4, 0.5) is 5.95 Å². The first-order chi connectivity index (χ1) is 9.29. The molecule has 0 spiro atoms. The largest absolute Gasteiger partial charge is 0.380 e. The van der Waals surface area contributed by atoms with Crippen molar-refractivity contribution in [2.24, 2.45) is 0 Å². The summed E-state index contributed by atoms with van der Waals surface area (Å²) in [6.07, 6.45) is 1.83. The van der Waals surface area contributed by atoms with Crippen molar-refractivity contribution >= 4 is 11.6 Å². The summed E-state index contributed by atoms with van der Waals surface area (Å²) in [7, 11) is 1.69. The summed E-state index contributed by atoms with van der Waals surface area (Å²) in [4.78, 5) is 4.28. The number of methoxy groups -OCH3 is 1. The Hall–Kier alpha value is -2.40. The monoisotopic (exact) mass is 254 g/mol. The lowest BCUT2D eigenvalue weighted by Crippen LogP contribution is -1.95. The van der Waals surface area contributed by atoms with Gasteiger partial charge in [-0.2, -0.15) is 4.98 Å². The quantitative estimate of drug-likeness (QED) is 0.777. The number of aromatic nitrogens is 3. The van der Waals surface area contributed by atoms with Crippen LogP contribution < -0.4 is 5.73 Å². The molecule has 0 saturated heterocycles. The van der Waals surface area contributed by atoms with Crippen LogP contribution in [0.25, 0.3) is 16.8 Å². The average molecular weight is 254 g/mol. The van der Waals surface area contributed by atoms with Crippen LogP contribution in [-0.4, -0.2) is 21.7 Å². The number of hydrogen-bond acceptors (Lipinski definition) is 4. The molecular weight excluding hydrogens is 240 g/mol. The molecule has 3 rings (SSSR count). The molecule has 2 heterocycles. The first kappa shape index (κ1) is 11.7. The third-order valence-corrected chi connectivity index (χ3v) is 2.99. The van der Waals surface area contributed by atoms with Gasteiger partial charge in [-0.05, 0) is 23.3 Å². The Morgan fingerprint density at radius 3 is 2.79 bits per heavy atom. The highest BCUT2D eigenvalue weighted by molar-refractivity contribution is 5.79. The van der Waals surface area contributed by atoms with Gasteiger partial charge in [0.25, 0.3) is 0 Å². The lowest BCUT2D eigenvalue weighted by atomic mass is 10.0. The van der Waals surface area contributed by atoms with Crippen LogP contribution in [-0.2, 0) is 11.3 Å². The molecule has 1 aromatic carbocycles. The molecule has 5 nitrogen and oxygen atoms in total. The van der Waals surface area contributed by atoms with Gasteiger partial charge in [0.05, 0.1) is 6.61 Å². The van der Waals surface area contributed by atoms with Crippen molar-refractivity contribution in [1.82, 2.24) is 14.6 Å². The Morgan fingerprint density at radius 1 is 1.16 bits per heavy atom. The second-order valence-corrected chi connectivity index (χ2v) is 4.25. The van der Waals surface area contributed by atoms with Gasteiger partial charge in [-0.3, -0.25) is 0 Å². The Labute approximate surface area is 110 Å². The lowest BCUT2D eigenvalue weighted by molar-refractivity contribution is 0.185. The van der Waals surface area contributed by atoms with Gasteiger partial charge < -0.3 is 10.5 Å². The molecule has 96 valence electrons. The standard InChI is InChI=1S/C14H14N4O/c1-19-9-10-5-2-3-6-11(10)12-7-4-8-18-13(12)16-14(15)17-18/h2-8H,9H2,1H3,(H2,15,17). The molecule has 19 heavy (non-hydrogen) atoms. The highest BCUT2D eigenvalue weighted by Crippen LogP contribution is 2.27. The Morgan fingerprint density at radius 2 is 1.95 bits per heavy atom. The number of fused-ring (bicyclic) bond motifs is 1. The van der Waals surface area contributed by atoms with Crippen LogP contribution in [0.1, 0.15) is 5.56 Å². The van der Waals surface area contributed by atoms with E-state index in [9.17, 15) is 0 Å². The van der Waals surface area contributed by atoms with E-state index in [4.69, 9.17) is 10.5 Å². The van der Waals surface area contributed by atoms with Crippen molar-refractivity contribution in [1.29, 1.82) is 0 Å². The molecule has 2 N–H and O–H groups in total. The highest BCUT2D eigenvalue weighted by atomic mass is 16.5. The van der Waals surface area contributed by atoms with Gasteiger partial charge in [0.2, 0.25) is 5.95 Å². The minimum atomic E-state index is 0.275. The first-order valence-corrected chi connectivity index (χ1v) is 5.97. The van der Waals surface area contributed by atoms with E-state index in [-0.39, 0.29) is 5.95 Å². The molecular formula is C14H14N4O. The van der Waals surface area contributed by atoms with Gasteiger partial charge in [-0.1, -0.05) is 24.3 Å². The van der Waals surface area contributed by atoms with E-state index in [0.717, 1.165) is 22.3 Å². The molecule has 0 amide bonds. The molecule has 0 radical (unpaired) electrons. The number of rotatable bonds is 3. The van der Waals surface area contributed by atoms with E-state index in [0.29, 0.717) is 6.61 Å². The average Bonchev–Trinajstić information content (AvgIpc) is 2.80. The van der Waals surface area contributed by atoms with Crippen molar-refractivity contribution in [2.45, 2.75) is 6.61 Å². The van der Waals surface area contributed by atoms with Crippen molar-refractivity contribution in [3.05, 3.63) is 48.2 Å². The Balaban J connectivity index is 2.24. The summed E-state index contributed by atoms with van der Waals surface area (Å²) in [5, 5.41) is 4.13. The summed E-state index contributed by atoms with van der Waals surface area (Å²) in [6, 6.07) is 12.0. The molecule has 0 atom stereocenters. The van der Waals surface area contributed by atoms with Crippen LogP contribution in [0.3, 0.4) is 0 Å². The number of benzene rings is 1. The van der Waals surface area contributed by atoms with E-state index in [1.165, 1.54) is 0 Å². The first-order valence-electron chi connectivity index (χ1n) is 5.97. The predicted octanol–water partition coefficient (Wildman–Crippen LogP) is 2.12. The van der Waals surface area contributed by atoms with E-state index < -0.39 is 0 Å². The molecule has 0 saturated carbocycles. The molecule has 3 aromatic rings. The van der Waals surface area contributed by atoms with Crippen LogP contribution in [0, 0.1) is 0 Å². The molecule has 0 aliphatic heterocycles. The van der Waals surface area contributed by atoms with Crippen molar-refractivity contribution in [3.63, 3.8) is 0 Å². The SMILES string of the molecule is COCc1ccccc1-c1cccn2nc(N)nc12. The summed E-state index contributed by atoms with van der Waals surface area (Å²) < 4.78 is 6.93. The molecule has 0 unspecified atom stereocenters. The van der Waals surface area contributed by atoms with Gasteiger partial charge in [0, 0.05) is 18.9 Å². The normalized spacial score (nSPS) is 11.0. The van der Waals surface area contributed by atoms with Crippen molar-refractivity contribution in [2.75, 3.05) is 12.8 Å². The maximum Gasteiger partial charge on any atom is 0.240 e. The minimum absolute atomic E-state index is 0.275. The predicted molar refractivity (Wildman–Crippen MR) is 73.5 cm³/mol. The number of ether oxygens (including phenoxy) is 1. The zero-order valence-corrected chi connectivity index (χ0v) is 10.6. The molecule has 0 fully saturated rings. The van der Waals surface area contributed by atoms with Crippen LogP contribution in [0.15, 0.2) is 42.6 Å². The third kappa shape index (κ3) is 2.04. The summed E-state index contributed by atoms with van der Waals surface area (Å²) in [6.45, 7) is 0.556. The van der Waals surface area contributed by atoms with Gasteiger partial charge in [0.1, 0.15) is 0 Å². The minimum Gasteiger partial charge on any atom is -0.380 e. The summed E-state index contributed by atoms with van der Waals surface area (Å²) in [5.74, 6) is 0.275. The number of nitrogen functional groups attached to an aromatic ring is 1. The molecule has 0 bridgehead atoms. The Kier molecular flexibility index (Phi) is 2.89. The zero-order valence-electron chi connectivity index (χ0n) is 10.6. The number of anilines is 1. The maximum absolute atomic E-state index is 5.67. The second-order valence-electron chi connectivity index (χ2n) is 4.25. The Bertz CT molecular complexity index is 720. The number of hydrogen-bond donors (Lipinski definition) is 1. The van der Waals surface area contributed by atoms with Crippen LogP contribution in [0.5, 0.6) is 0 Å². The summed E-state index contributed by atoms with van der Waals surface area (Å²) >= 11 is 0. The molecule has 2 aromatic heterocycles. The topological polar surface area (TPSA) is 65.4 Å². The molecule has 0 aliphatic rings. The molecule has 5 heteroatoms. The number of pyridine rings is 1. The van der Waals surface area contributed by atoms with Gasteiger partial charge in [-0.15, -0.1) is 5.10 Å². The van der Waals surface area contributed by atoms with Gasteiger partial charge in [-0.25, -0.2) is 4.52 Å². The number of nitrogens with two attached hydrogens (primary N) is 1. The van der Waals surface area contributed by atoms with Gasteiger partial charge in [0.15, 0.2) is 5.65 Å². The lowest BCUT2D eigenvalue weighted by Gasteiger charge is -2.09. The maximum atomic E-state index is 5.67. The van der Waals surface area contributed by atoms with Crippen LogP contribution in [0.2, 0.25) is 0 Å². The van der Waals surface area contributed by atoms with Gasteiger partial charge >= 0.3 is 0 Å². The second kappa shape index (κ2) is 4.70. The van der Waals surface area contributed by atoms with Crippen LogP contribution >= 0.6 is 0 Å². The fourth-order valence-electron chi connectivity index (χ4n) is 2.20. The fourth-order valence-corrected chi connectivity index (χ4v) is 2.20. The zero-order chi connectivity index (χ0) is 13.2. The van der Waals surface area contributed by atoms with E-state index in [1.807, 2.05) is 36.5 Å². The number of nitrogens with zero attached hydrogens (tertiary/aromatic N) is 3. The van der Waals surface area contributed by atoms with Crippen molar-refractivity contribution < 1.29 is 4.74 Å². The molecule has 0 aliphatic carbocycles. The third-order valence-electron chi connectivity index (χ3n) is 2.99. The van der Waals surface area contributed by atoms with E-state index in [1.54, 1.807) is 11.6 Å².